The van der Waals surface area contributed by atoms with Gasteiger partial charge in [-0.25, -0.2) is 0 Å². The van der Waals surface area contributed by atoms with Gasteiger partial charge in [-0.2, -0.15) is 0 Å². The number of hydrogen-bond donors (Lipinski definition) is 2. The molecule has 0 aromatic carbocycles. The summed E-state index contributed by atoms with van der Waals surface area (Å²) in [6, 6.07) is 0. The number of hydrogen-bond acceptors (Lipinski definition) is 3. The minimum Gasteiger partial charge on any atom is -0.374 e. The summed E-state index contributed by atoms with van der Waals surface area (Å²) < 4.78 is 5.78. The maximum atomic E-state index is 5.90. The van der Waals surface area contributed by atoms with E-state index in [0.717, 1.165) is 45.2 Å². The standard InChI is InChI=1S/C15H30N4O/c1-12(2)10-19-6-7-20-14(11-19)9-18-15(16)17-8-13-4-3-5-13/h12-14H,3-11H2,1-2H3,(H3,16,17,18). The number of guanidine groups is 1. The van der Waals surface area contributed by atoms with Crippen LogP contribution in [-0.2, 0) is 4.74 Å². The molecule has 5 heteroatoms. The first-order chi connectivity index (χ1) is 9.63. The van der Waals surface area contributed by atoms with Gasteiger partial charge in [0.25, 0.3) is 0 Å². The summed E-state index contributed by atoms with van der Waals surface area (Å²) in [6.45, 7) is 10.1. The van der Waals surface area contributed by atoms with Gasteiger partial charge in [-0.05, 0) is 24.7 Å². The predicted octanol–water partition coefficient (Wildman–Crippen LogP) is 1.05. The van der Waals surface area contributed by atoms with Crippen molar-refractivity contribution in [2.45, 2.75) is 39.2 Å². The SMILES string of the molecule is CC(C)CN1CCOC(CNC(N)=NCC2CCC2)C1. The van der Waals surface area contributed by atoms with Crippen molar-refractivity contribution in [1.82, 2.24) is 10.2 Å². The molecular formula is C15H30N4O. The van der Waals surface area contributed by atoms with E-state index < -0.39 is 0 Å². The van der Waals surface area contributed by atoms with Crippen LogP contribution in [0.3, 0.4) is 0 Å². The second kappa shape index (κ2) is 7.84. The van der Waals surface area contributed by atoms with Crippen molar-refractivity contribution in [1.29, 1.82) is 0 Å². The van der Waals surface area contributed by atoms with Crippen LogP contribution >= 0.6 is 0 Å². The summed E-state index contributed by atoms with van der Waals surface area (Å²) in [5.74, 6) is 2.04. The average Bonchev–Trinajstić information content (AvgIpc) is 2.34. The second-order valence-corrected chi connectivity index (χ2v) is 6.55. The fourth-order valence-electron chi connectivity index (χ4n) is 2.76. The van der Waals surface area contributed by atoms with E-state index >= 15 is 0 Å². The minimum absolute atomic E-state index is 0.222. The summed E-state index contributed by atoms with van der Waals surface area (Å²) in [4.78, 5) is 6.89. The Morgan fingerprint density at radius 3 is 2.90 bits per heavy atom. The highest BCUT2D eigenvalue weighted by atomic mass is 16.5. The van der Waals surface area contributed by atoms with Gasteiger partial charge in [-0.15, -0.1) is 0 Å². The highest BCUT2D eigenvalue weighted by Gasteiger charge is 2.21. The van der Waals surface area contributed by atoms with E-state index in [9.17, 15) is 0 Å². The molecule has 1 heterocycles. The van der Waals surface area contributed by atoms with Crippen molar-refractivity contribution in [3.8, 4) is 0 Å². The molecule has 0 bridgehead atoms. The Labute approximate surface area is 122 Å². The Morgan fingerprint density at radius 2 is 2.25 bits per heavy atom. The van der Waals surface area contributed by atoms with E-state index in [4.69, 9.17) is 10.5 Å². The quantitative estimate of drug-likeness (QED) is 0.564. The van der Waals surface area contributed by atoms with E-state index in [1.165, 1.54) is 19.3 Å². The molecule has 2 aliphatic rings. The normalized spacial score (nSPS) is 25.8. The average molecular weight is 282 g/mol. The number of rotatable bonds is 6. The molecule has 2 fully saturated rings. The van der Waals surface area contributed by atoms with E-state index in [2.05, 4.69) is 29.1 Å². The van der Waals surface area contributed by atoms with Gasteiger partial charge in [0.15, 0.2) is 5.96 Å². The summed E-state index contributed by atoms with van der Waals surface area (Å²) in [7, 11) is 0. The summed E-state index contributed by atoms with van der Waals surface area (Å²) >= 11 is 0. The van der Waals surface area contributed by atoms with E-state index in [1.807, 2.05) is 0 Å². The molecule has 1 aliphatic carbocycles. The molecule has 1 atom stereocenters. The Bertz CT molecular complexity index is 315. The molecule has 116 valence electrons. The monoisotopic (exact) mass is 282 g/mol. The predicted molar refractivity (Wildman–Crippen MR) is 82.9 cm³/mol. The topological polar surface area (TPSA) is 62.9 Å². The zero-order chi connectivity index (χ0) is 14.4. The number of nitrogens with one attached hydrogen (secondary N) is 1. The van der Waals surface area contributed by atoms with Crippen molar-refractivity contribution in [3.05, 3.63) is 0 Å². The largest absolute Gasteiger partial charge is 0.374 e. The molecule has 1 aliphatic heterocycles. The van der Waals surface area contributed by atoms with E-state index in [-0.39, 0.29) is 6.10 Å². The number of ether oxygens (including phenoxy) is 1. The molecule has 2 rings (SSSR count). The van der Waals surface area contributed by atoms with Crippen LogP contribution in [0.4, 0.5) is 0 Å². The lowest BCUT2D eigenvalue weighted by Gasteiger charge is -2.34. The van der Waals surface area contributed by atoms with Gasteiger partial charge < -0.3 is 15.8 Å². The molecule has 20 heavy (non-hydrogen) atoms. The molecule has 0 amide bonds. The second-order valence-electron chi connectivity index (χ2n) is 6.55. The fourth-order valence-corrected chi connectivity index (χ4v) is 2.76. The number of aliphatic imine (C=N–C) groups is 1. The molecule has 0 spiro atoms. The van der Waals surface area contributed by atoms with Gasteiger partial charge in [0.05, 0.1) is 12.7 Å². The first-order valence-electron chi connectivity index (χ1n) is 8.01. The third-order valence-corrected chi connectivity index (χ3v) is 4.10. The van der Waals surface area contributed by atoms with Crippen LogP contribution in [0.15, 0.2) is 4.99 Å². The zero-order valence-corrected chi connectivity index (χ0v) is 13.0. The number of morpholine rings is 1. The van der Waals surface area contributed by atoms with Gasteiger partial charge in [-0.1, -0.05) is 20.3 Å². The minimum atomic E-state index is 0.222. The molecule has 0 aromatic heterocycles. The van der Waals surface area contributed by atoms with Crippen LogP contribution in [0.2, 0.25) is 0 Å². The van der Waals surface area contributed by atoms with Crippen LogP contribution in [0.25, 0.3) is 0 Å². The maximum Gasteiger partial charge on any atom is 0.188 e. The van der Waals surface area contributed by atoms with Crippen molar-refractivity contribution < 1.29 is 4.74 Å². The smallest absolute Gasteiger partial charge is 0.188 e. The molecule has 5 nitrogen and oxygen atoms in total. The molecule has 0 radical (unpaired) electrons. The lowest BCUT2D eigenvalue weighted by molar-refractivity contribution is -0.0284. The Kier molecular flexibility index (Phi) is 6.10. The first-order valence-corrected chi connectivity index (χ1v) is 8.01. The number of nitrogens with two attached hydrogens (primary N) is 1. The fraction of sp³-hybridized carbons (Fsp3) is 0.933. The molecule has 1 saturated heterocycles. The van der Waals surface area contributed by atoms with Crippen LogP contribution in [0, 0.1) is 11.8 Å². The van der Waals surface area contributed by atoms with Gasteiger partial charge >= 0.3 is 0 Å². The Morgan fingerprint density at radius 1 is 1.45 bits per heavy atom. The highest BCUT2D eigenvalue weighted by molar-refractivity contribution is 5.77. The summed E-state index contributed by atoms with van der Waals surface area (Å²) in [5, 5.41) is 3.21. The molecule has 0 aromatic rings. The molecular weight excluding hydrogens is 252 g/mol. The first kappa shape index (κ1) is 15.6. The zero-order valence-electron chi connectivity index (χ0n) is 13.0. The van der Waals surface area contributed by atoms with Crippen molar-refractivity contribution in [3.63, 3.8) is 0 Å². The van der Waals surface area contributed by atoms with Crippen LogP contribution in [0.1, 0.15) is 33.1 Å². The maximum absolute atomic E-state index is 5.90. The third-order valence-electron chi connectivity index (χ3n) is 4.10. The molecule has 1 saturated carbocycles. The third kappa shape index (κ3) is 5.29. The summed E-state index contributed by atoms with van der Waals surface area (Å²) in [5.41, 5.74) is 5.90. The van der Waals surface area contributed by atoms with Crippen molar-refractivity contribution in [2.24, 2.45) is 22.6 Å². The lowest BCUT2D eigenvalue weighted by Crippen LogP contribution is -2.49. The van der Waals surface area contributed by atoms with Gasteiger partial charge in [0.1, 0.15) is 0 Å². The van der Waals surface area contributed by atoms with Crippen LogP contribution in [-0.4, -0.2) is 56.3 Å². The van der Waals surface area contributed by atoms with E-state index in [1.54, 1.807) is 0 Å². The Hall–Kier alpha value is -0.810. The van der Waals surface area contributed by atoms with Crippen LogP contribution in [0.5, 0.6) is 0 Å². The molecule has 1 unspecified atom stereocenters. The highest BCUT2D eigenvalue weighted by Crippen LogP contribution is 2.26. The van der Waals surface area contributed by atoms with Gasteiger partial charge in [0, 0.05) is 32.7 Å². The van der Waals surface area contributed by atoms with Crippen molar-refractivity contribution >= 4 is 5.96 Å². The van der Waals surface area contributed by atoms with E-state index in [0.29, 0.717) is 11.9 Å². The van der Waals surface area contributed by atoms with Gasteiger partial charge in [-0.3, -0.25) is 9.89 Å². The summed E-state index contributed by atoms with van der Waals surface area (Å²) in [6.07, 6.45) is 4.20. The Balaban J connectivity index is 1.64. The van der Waals surface area contributed by atoms with Crippen LogP contribution < -0.4 is 11.1 Å². The van der Waals surface area contributed by atoms with Gasteiger partial charge in [0.2, 0.25) is 0 Å². The van der Waals surface area contributed by atoms with Crippen molar-refractivity contribution in [2.75, 3.05) is 39.3 Å². The lowest BCUT2D eigenvalue weighted by atomic mass is 9.86. The molecule has 3 N–H and O–H groups in total. The number of nitrogens with zero attached hydrogens (tertiary/aromatic N) is 2.